The molecule has 0 spiro atoms. The zero-order valence-corrected chi connectivity index (χ0v) is 9.64. The average Bonchev–Trinajstić information content (AvgIpc) is 2.28. The molecule has 0 aromatic heterocycles. The molecule has 0 N–H and O–H groups in total. The number of ketones is 1. The van der Waals surface area contributed by atoms with Crippen molar-refractivity contribution in [2.24, 2.45) is 0 Å². The molecule has 0 heterocycles. The second-order valence-corrected chi connectivity index (χ2v) is 3.57. The maximum atomic E-state index is 11.4. The molecular weight excluding hydrogens is 220 g/mol. The summed E-state index contributed by atoms with van der Waals surface area (Å²) >= 11 is 0. The molecule has 5 heteroatoms. The minimum Gasteiger partial charge on any atom is -0.363 e. The number of nitro groups is 1. The maximum Gasteiger partial charge on any atom is 0.270 e. The van der Waals surface area contributed by atoms with E-state index in [-0.39, 0.29) is 11.5 Å². The number of hydrogen-bond donors (Lipinski definition) is 0. The molecule has 0 unspecified atom stereocenters. The van der Waals surface area contributed by atoms with Crippen LogP contribution in [0.15, 0.2) is 18.2 Å². The van der Waals surface area contributed by atoms with Gasteiger partial charge < -0.3 is 4.90 Å². The van der Waals surface area contributed by atoms with Gasteiger partial charge in [0.1, 0.15) is 0 Å². The SMILES string of the molecule is C#CCN(C)c1ccc([N+](=O)[O-])cc1C(C)=O. The lowest BCUT2D eigenvalue weighted by atomic mass is 10.1. The van der Waals surface area contributed by atoms with E-state index in [1.54, 1.807) is 11.9 Å². The lowest BCUT2D eigenvalue weighted by Crippen LogP contribution is -2.19. The molecule has 0 saturated carbocycles. The Morgan fingerprint density at radius 1 is 1.59 bits per heavy atom. The van der Waals surface area contributed by atoms with Crippen LogP contribution in [0, 0.1) is 22.5 Å². The fourth-order valence-corrected chi connectivity index (χ4v) is 1.47. The molecule has 0 radical (unpaired) electrons. The average molecular weight is 232 g/mol. The van der Waals surface area contributed by atoms with E-state index in [1.165, 1.54) is 25.1 Å². The van der Waals surface area contributed by atoms with Crippen molar-refractivity contribution >= 4 is 17.2 Å². The van der Waals surface area contributed by atoms with Gasteiger partial charge in [0, 0.05) is 30.4 Å². The van der Waals surface area contributed by atoms with Crippen LogP contribution in [0.3, 0.4) is 0 Å². The summed E-state index contributed by atoms with van der Waals surface area (Å²) in [5.74, 6) is 2.22. The van der Waals surface area contributed by atoms with E-state index in [0.29, 0.717) is 17.8 Å². The van der Waals surface area contributed by atoms with Gasteiger partial charge in [-0.2, -0.15) is 0 Å². The Labute approximate surface area is 99.2 Å². The molecule has 1 aromatic rings. The Morgan fingerprint density at radius 2 is 2.24 bits per heavy atom. The van der Waals surface area contributed by atoms with Crippen molar-refractivity contribution in [1.82, 2.24) is 0 Å². The first-order chi connectivity index (χ1) is 7.97. The van der Waals surface area contributed by atoms with E-state index in [0.717, 1.165) is 0 Å². The minimum atomic E-state index is -0.530. The first-order valence-corrected chi connectivity index (χ1v) is 4.91. The van der Waals surface area contributed by atoms with Crippen molar-refractivity contribution in [3.8, 4) is 12.3 Å². The van der Waals surface area contributed by atoms with Crippen molar-refractivity contribution in [2.45, 2.75) is 6.92 Å². The maximum absolute atomic E-state index is 11.4. The number of terminal acetylenes is 1. The first kappa shape index (κ1) is 12.7. The predicted octanol–water partition coefficient (Wildman–Crippen LogP) is 1.87. The molecular formula is C12H12N2O3. The monoisotopic (exact) mass is 232 g/mol. The number of anilines is 1. The molecule has 1 rings (SSSR count). The summed E-state index contributed by atoms with van der Waals surface area (Å²) in [5.41, 5.74) is 0.797. The highest BCUT2D eigenvalue weighted by Crippen LogP contribution is 2.25. The normalized spacial score (nSPS) is 9.47. The van der Waals surface area contributed by atoms with Gasteiger partial charge in [-0.15, -0.1) is 6.42 Å². The molecule has 0 atom stereocenters. The largest absolute Gasteiger partial charge is 0.363 e. The number of rotatable bonds is 4. The number of benzene rings is 1. The van der Waals surface area contributed by atoms with Crippen molar-refractivity contribution in [3.05, 3.63) is 33.9 Å². The van der Waals surface area contributed by atoms with E-state index >= 15 is 0 Å². The fourth-order valence-electron chi connectivity index (χ4n) is 1.47. The Kier molecular flexibility index (Phi) is 3.83. The third-order valence-corrected chi connectivity index (χ3v) is 2.31. The van der Waals surface area contributed by atoms with Gasteiger partial charge in [0.05, 0.1) is 11.5 Å². The number of nitro benzene ring substituents is 1. The summed E-state index contributed by atoms with van der Waals surface area (Å²) < 4.78 is 0. The van der Waals surface area contributed by atoms with Gasteiger partial charge in [-0.1, -0.05) is 5.92 Å². The third-order valence-electron chi connectivity index (χ3n) is 2.31. The number of non-ortho nitro benzene ring substituents is 1. The van der Waals surface area contributed by atoms with Gasteiger partial charge >= 0.3 is 0 Å². The molecule has 0 fully saturated rings. The molecule has 0 amide bonds. The Morgan fingerprint density at radius 3 is 2.71 bits per heavy atom. The van der Waals surface area contributed by atoms with Crippen LogP contribution in [0.1, 0.15) is 17.3 Å². The van der Waals surface area contributed by atoms with Gasteiger partial charge in [0.25, 0.3) is 5.69 Å². The fraction of sp³-hybridized carbons (Fsp3) is 0.250. The van der Waals surface area contributed by atoms with Crippen LogP contribution in [0.2, 0.25) is 0 Å². The lowest BCUT2D eigenvalue weighted by Gasteiger charge is -2.18. The van der Waals surface area contributed by atoms with E-state index in [4.69, 9.17) is 6.42 Å². The van der Waals surface area contributed by atoms with Gasteiger partial charge in [0.2, 0.25) is 0 Å². The summed E-state index contributed by atoms with van der Waals surface area (Å²) in [6, 6.07) is 4.16. The molecule has 0 aliphatic carbocycles. The van der Waals surface area contributed by atoms with Crippen LogP contribution >= 0.6 is 0 Å². The van der Waals surface area contributed by atoms with E-state index in [2.05, 4.69) is 5.92 Å². The molecule has 17 heavy (non-hydrogen) atoms. The summed E-state index contributed by atoms with van der Waals surface area (Å²) in [5, 5.41) is 10.6. The van der Waals surface area contributed by atoms with Crippen molar-refractivity contribution in [2.75, 3.05) is 18.5 Å². The number of carbonyl (C=O) groups is 1. The summed E-state index contributed by atoms with van der Waals surface area (Å²) in [4.78, 5) is 23.2. The topological polar surface area (TPSA) is 63.4 Å². The quantitative estimate of drug-likeness (QED) is 0.344. The van der Waals surface area contributed by atoms with Crippen LogP contribution in [-0.2, 0) is 0 Å². The summed E-state index contributed by atoms with van der Waals surface area (Å²) in [6.45, 7) is 1.70. The zero-order chi connectivity index (χ0) is 13.0. The van der Waals surface area contributed by atoms with Gasteiger partial charge in [-0.25, -0.2) is 0 Å². The molecule has 0 saturated heterocycles. The van der Waals surface area contributed by atoms with Gasteiger partial charge in [-0.05, 0) is 13.0 Å². The molecule has 0 aliphatic heterocycles. The molecule has 0 bridgehead atoms. The van der Waals surface area contributed by atoms with Crippen LogP contribution in [0.5, 0.6) is 0 Å². The Hall–Kier alpha value is -2.35. The highest BCUT2D eigenvalue weighted by atomic mass is 16.6. The van der Waals surface area contributed by atoms with Crippen molar-refractivity contribution in [1.29, 1.82) is 0 Å². The zero-order valence-electron chi connectivity index (χ0n) is 9.64. The summed E-state index contributed by atoms with van der Waals surface area (Å²) in [6.07, 6.45) is 5.19. The second kappa shape index (κ2) is 5.12. The molecule has 0 aliphatic rings. The summed E-state index contributed by atoms with van der Waals surface area (Å²) in [7, 11) is 1.73. The van der Waals surface area contributed by atoms with Crippen LogP contribution in [0.25, 0.3) is 0 Å². The van der Waals surface area contributed by atoms with Crippen molar-refractivity contribution in [3.63, 3.8) is 0 Å². The van der Waals surface area contributed by atoms with E-state index in [1.807, 2.05) is 0 Å². The van der Waals surface area contributed by atoms with E-state index < -0.39 is 4.92 Å². The molecule has 88 valence electrons. The first-order valence-electron chi connectivity index (χ1n) is 4.91. The van der Waals surface area contributed by atoms with Crippen LogP contribution in [0.4, 0.5) is 11.4 Å². The third kappa shape index (κ3) is 2.82. The predicted molar refractivity (Wildman–Crippen MR) is 65.2 cm³/mol. The highest BCUT2D eigenvalue weighted by molar-refractivity contribution is 6.00. The molecule has 5 nitrogen and oxygen atoms in total. The van der Waals surface area contributed by atoms with Crippen molar-refractivity contribution < 1.29 is 9.72 Å². The number of nitrogens with zero attached hydrogens (tertiary/aromatic N) is 2. The van der Waals surface area contributed by atoms with E-state index in [9.17, 15) is 14.9 Å². The minimum absolute atomic E-state index is 0.104. The van der Waals surface area contributed by atoms with Gasteiger partial charge in [-0.3, -0.25) is 14.9 Å². The van der Waals surface area contributed by atoms with Crippen LogP contribution < -0.4 is 4.90 Å². The second-order valence-electron chi connectivity index (χ2n) is 3.57. The number of hydrogen-bond acceptors (Lipinski definition) is 4. The smallest absolute Gasteiger partial charge is 0.270 e. The lowest BCUT2D eigenvalue weighted by molar-refractivity contribution is -0.384. The number of carbonyl (C=O) groups excluding carboxylic acids is 1. The Balaban J connectivity index is 3.27. The number of Topliss-reactive ketones (excluding diaryl/α,β-unsaturated/α-hetero) is 1. The Bertz CT molecular complexity index is 503. The van der Waals surface area contributed by atoms with Gasteiger partial charge in [0.15, 0.2) is 5.78 Å². The molecule has 1 aromatic carbocycles. The highest BCUT2D eigenvalue weighted by Gasteiger charge is 2.15. The standard InChI is InChI=1S/C12H12N2O3/c1-4-7-13(3)12-6-5-10(14(16)17)8-11(12)9(2)15/h1,5-6,8H,7H2,2-3H3. The van der Waals surface area contributed by atoms with Crippen LogP contribution in [-0.4, -0.2) is 24.3 Å².